The highest BCUT2D eigenvalue weighted by Gasteiger charge is 2.39. The van der Waals surface area contributed by atoms with Gasteiger partial charge in [-0.3, -0.25) is 4.79 Å². The average molecular weight is 370 g/mol. The molecular formula is C16H11BrClFO2. The highest BCUT2D eigenvalue weighted by molar-refractivity contribution is 9.10. The van der Waals surface area contributed by atoms with Crippen molar-refractivity contribution in [3.63, 3.8) is 0 Å². The number of carbonyl (C=O) groups excluding carboxylic acids is 1. The van der Waals surface area contributed by atoms with Crippen molar-refractivity contribution in [2.45, 2.75) is 18.9 Å². The molecule has 1 heterocycles. The summed E-state index contributed by atoms with van der Waals surface area (Å²) in [5, 5.41) is 0.500. The van der Waals surface area contributed by atoms with Gasteiger partial charge in [-0.05, 0) is 31.2 Å². The second-order valence-corrected chi connectivity index (χ2v) is 6.52. The van der Waals surface area contributed by atoms with E-state index in [1.165, 1.54) is 18.2 Å². The second-order valence-electron chi connectivity index (χ2n) is 5.20. The van der Waals surface area contributed by atoms with E-state index in [0.29, 0.717) is 16.1 Å². The number of ketones is 1. The summed E-state index contributed by atoms with van der Waals surface area (Å²) < 4.78 is 20.1. The van der Waals surface area contributed by atoms with Crippen LogP contribution in [0, 0.1) is 5.82 Å². The van der Waals surface area contributed by atoms with Crippen LogP contribution in [0.2, 0.25) is 5.02 Å². The van der Waals surface area contributed by atoms with Crippen molar-refractivity contribution in [2.75, 3.05) is 0 Å². The molecule has 0 fully saturated rings. The fraction of sp³-hybridized carbons (Fsp3) is 0.188. The van der Waals surface area contributed by atoms with E-state index in [9.17, 15) is 9.18 Å². The van der Waals surface area contributed by atoms with Gasteiger partial charge < -0.3 is 4.74 Å². The quantitative estimate of drug-likeness (QED) is 0.697. The van der Waals surface area contributed by atoms with E-state index in [4.69, 9.17) is 16.3 Å². The molecule has 0 spiro atoms. The summed E-state index contributed by atoms with van der Waals surface area (Å²) >= 11 is 9.61. The minimum absolute atomic E-state index is 0.0854. The van der Waals surface area contributed by atoms with Crippen molar-refractivity contribution in [2.24, 2.45) is 0 Å². The lowest BCUT2D eigenvalue weighted by Crippen LogP contribution is -2.37. The number of hydrogen-bond acceptors (Lipinski definition) is 2. The summed E-state index contributed by atoms with van der Waals surface area (Å²) in [6.07, 6.45) is 0.160. The minimum Gasteiger partial charge on any atom is -0.481 e. The van der Waals surface area contributed by atoms with Gasteiger partial charge >= 0.3 is 0 Å². The van der Waals surface area contributed by atoms with Crippen LogP contribution in [0.5, 0.6) is 5.75 Å². The van der Waals surface area contributed by atoms with Gasteiger partial charge in [0.05, 0.1) is 12.0 Å². The summed E-state index contributed by atoms with van der Waals surface area (Å²) in [5.74, 6) is -0.266. The first-order valence-corrected chi connectivity index (χ1v) is 7.53. The standard InChI is InChI=1S/C16H11BrClFO2/c1-16(12-5-2-9(17)6-13(12)18)8-14(20)11-4-3-10(19)7-15(11)21-16/h2-7H,8H2,1H3. The van der Waals surface area contributed by atoms with E-state index in [1.807, 2.05) is 12.1 Å². The molecule has 0 saturated heterocycles. The van der Waals surface area contributed by atoms with Crippen LogP contribution in [0.1, 0.15) is 29.3 Å². The molecule has 1 aliphatic heterocycles. The lowest BCUT2D eigenvalue weighted by Gasteiger charge is -2.35. The van der Waals surface area contributed by atoms with Gasteiger partial charge in [-0.2, -0.15) is 0 Å². The molecule has 0 radical (unpaired) electrons. The molecule has 0 saturated carbocycles. The summed E-state index contributed by atoms with van der Waals surface area (Å²) in [5.41, 5.74) is 0.202. The number of fused-ring (bicyclic) bond motifs is 1. The van der Waals surface area contributed by atoms with E-state index in [2.05, 4.69) is 15.9 Å². The number of carbonyl (C=O) groups is 1. The third kappa shape index (κ3) is 2.58. The molecule has 1 atom stereocenters. The Morgan fingerprint density at radius 3 is 2.76 bits per heavy atom. The van der Waals surface area contributed by atoms with Gasteiger partial charge in [0.2, 0.25) is 0 Å². The van der Waals surface area contributed by atoms with Gasteiger partial charge in [-0.25, -0.2) is 4.39 Å². The molecule has 0 aliphatic carbocycles. The predicted octanol–water partition coefficient (Wildman–Crippen LogP) is 5.12. The number of hydrogen-bond donors (Lipinski definition) is 0. The Bertz CT molecular complexity index is 747. The van der Waals surface area contributed by atoms with Crippen molar-refractivity contribution in [1.82, 2.24) is 0 Å². The number of halogens is 3. The number of benzene rings is 2. The third-order valence-corrected chi connectivity index (χ3v) is 4.38. The van der Waals surface area contributed by atoms with E-state index < -0.39 is 11.4 Å². The molecule has 2 aromatic carbocycles. The molecule has 3 rings (SSSR count). The molecule has 2 aromatic rings. The monoisotopic (exact) mass is 368 g/mol. The zero-order chi connectivity index (χ0) is 15.2. The van der Waals surface area contributed by atoms with Gasteiger partial charge in [0.15, 0.2) is 5.78 Å². The van der Waals surface area contributed by atoms with Crippen molar-refractivity contribution in [1.29, 1.82) is 0 Å². The largest absolute Gasteiger partial charge is 0.481 e. The summed E-state index contributed by atoms with van der Waals surface area (Å²) in [7, 11) is 0. The lowest BCUT2D eigenvalue weighted by atomic mass is 9.85. The highest BCUT2D eigenvalue weighted by Crippen LogP contribution is 2.42. The summed E-state index contributed by atoms with van der Waals surface area (Å²) in [6.45, 7) is 1.79. The number of Topliss-reactive ketones (excluding diaryl/α,β-unsaturated/α-hetero) is 1. The van der Waals surface area contributed by atoms with Crippen molar-refractivity contribution in [3.8, 4) is 5.75 Å². The maximum Gasteiger partial charge on any atom is 0.170 e. The Morgan fingerprint density at radius 2 is 2.05 bits per heavy atom. The average Bonchev–Trinajstić information content (AvgIpc) is 2.37. The van der Waals surface area contributed by atoms with Gasteiger partial charge in [-0.15, -0.1) is 0 Å². The highest BCUT2D eigenvalue weighted by atomic mass is 79.9. The zero-order valence-electron chi connectivity index (χ0n) is 11.1. The first-order valence-electron chi connectivity index (χ1n) is 6.36. The van der Waals surface area contributed by atoms with Crippen LogP contribution in [0.3, 0.4) is 0 Å². The predicted molar refractivity (Wildman–Crippen MR) is 82.5 cm³/mol. The number of rotatable bonds is 1. The van der Waals surface area contributed by atoms with Crippen LogP contribution >= 0.6 is 27.5 Å². The van der Waals surface area contributed by atoms with Crippen molar-refractivity contribution in [3.05, 3.63) is 62.8 Å². The molecule has 0 aromatic heterocycles. The smallest absolute Gasteiger partial charge is 0.170 e. The number of ether oxygens (including phenoxy) is 1. The topological polar surface area (TPSA) is 26.3 Å². The van der Waals surface area contributed by atoms with E-state index in [-0.39, 0.29) is 18.0 Å². The van der Waals surface area contributed by atoms with Crippen LogP contribution in [-0.4, -0.2) is 5.78 Å². The third-order valence-electron chi connectivity index (χ3n) is 3.58. The minimum atomic E-state index is -0.907. The maximum absolute atomic E-state index is 13.4. The van der Waals surface area contributed by atoms with Gasteiger partial charge in [-0.1, -0.05) is 33.6 Å². The first-order chi connectivity index (χ1) is 9.89. The molecule has 5 heteroatoms. The van der Waals surface area contributed by atoms with E-state index in [1.54, 1.807) is 13.0 Å². The Labute approximate surface area is 135 Å². The van der Waals surface area contributed by atoms with E-state index >= 15 is 0 Å². The molecule has 1 aliphatic rings. The second kappa shape index (κ2) is 5.11. The fourth-order valence-corrected chi connectivity index (χ4v) is 3.43. The van der Waals surface area contributed by atoms with Crippen LogP contribution in [0.15, 0.2) is 40.9 Å². The van der Waals surface area contributed by atoms with Gasteiger partial charge in [0.1, 0.15) is 17.2 Å². The fourth-order valence-electron chi connectivity index (χ4n) is 2.56. The Hall–Kier alpha value is -1.39. The summed E-state index contributed by atoms with van der Waals surface area (Å²) in [4.78, 5) is 12.3. The van der Waals surface area contributed by atoms with Gasteiger partial charge in [0, 0.05) is 21.1 Å². The Morgan fingerprint density at radius 1 is 1.29 bits per heavy atom. The SMILES string of the molecule is CC1(c2ccc(Br)cc2Cl)CC(=O)c2ccc(F)cc2O1. The molecule has 2 nitrogen and oxygen atoms in total. The van der Waals surface area contributed by atoms with Crippen LogP contribution in [-0.2, 0) is 5.60 Å². The first kappa shape index (κ1) is 14.5. The normalized spacial score (nSPS) is 20.9. The van der Waals surface area contributed by atoms with Crippen molar-refractivity contribution >= 4 is 33.3 Å². The van der Waals surface area contributed by atoms with E-state index in [0.717, 1.165) is 4.47 Å². The van der Waals surface area contributed by atoms with Crippen molar-refractivity contribution < 1.29 is 13.9 Å². The Kier molecular flexibility index (Phi) is 3.54. The van der Waals surface area contributed by atoms with Crippen LogP contribution in [0.4, 0.5) is 4.39 Å². The molecule has 0 amide bonds. The van der Waals surface area contributed by atoms with Gasteiger partial charge in [0.25, 0.3) is 0 Å². The zero-order valence-corrected chi connectivity index (χ0v) is 13.5. The maximum atomic E-state index is 13.4. The molecule has 108 valence electrons. The summed E-state index contributed by atoms with van der Waals surface area (Å²) in [6, 6.07) is 9.34. The van der Waals surface area contributed by atoms with Crippen LogP contribution in [0.25, 0.3) is 0 Å². The lowest BCUT2D eigenvalue weighted by molar-refractivity contribution is 0.0502. The molecular weight excluding hydrogens is 359 g/mol. The molecule has 0 N–H and O–H groups in total. The molecule has 0 bridgehead atoms. The Balaban J connectivity index is 2.09. The van der Waals surface area contributed by atoms with Crippen LogP contribution < -0.4 is 4.74 Å². The molecule has 1 unspecified atom stereocenters. The molecule has 21 heavy (non-hydrogen) atoms.